The zero-order chi connectivity index (χ0) is 32.6. The molecule has 44 heavy (non-hydrogen) atoms. The topological polar surface area (TPSA) is 143 Å². The second kappa shape index (κ2) is 15.3. The summed E-state index contributed by atoms with van der Waals surface area (Å²) in [5, 5.41) is 9.85. The number of amides is 4. The Hall–Kier alpha value is -4.49. The monoisotopic (exact) mass is 622 g/mol. The lowest BCUT2D eigenvalue weighted by Crippen LogP contribution is -2.55. The molecule has 1 heterocycles. The Balaban J connectivity index is 1.80. The summed E-state index contributed by atoms with van der Waals surface area (Å²) >= 11 is 0. The van der Waals surface area contributed by atoms with Crippen molar-refractivity contribution in [3.8, 4) is 5.75 Å². The van der Waals surface area contributed by atoms with Gasteiger partial charge in [0.05, 0.1) is 6.04 Å². The first-order chi connectivity index (χ1) is 20.8. The number of halogens is 4. The molecule has 4 amide bonds. The lowest BCUT2D eigenvalue weighted by atomic mass is 9.90. The van der Waals surface area contributed by atoms with Crippen LogP contribution in [0.1, 0.15) is 40.0 Å². The van der Waals surface area contributed by atoms with Gasteiger partial charge in [0.25, 0.3) is 0 Å². The molecule has 238 valence electrons. The van der Waals surface area contributed by atoms with Gasteiger partial charge in [0.15, 0.2) is 23.2 Å². The predicted octanol–water partition coefficient (Wildman–Crippen LogP) is 3.01. The molecule has 0 aliphatic carbocycles. The lowest BCUT2D eigenvalue weighted by molar-refractivity contribution is -0.138. The number of rotatable bonds is 13. The molecule has 3 rings (SSSR count). The van der Waals surface area contributed by atoms with E-state index in [1.807, 2.05) is 20.8 Å². The summed E-state index contributed by atoms with van der Waals surface area (Å²) in [5.41, 5.74) is 0.343. The zero-order valence-electron chi connectivity index (χ0n) is 24.3. The number of Topliss-reactive ketones (excluding diaryl/α,β-unsaturated/α-hetero) is 1. The van der Waals surface area contributed by atoms with Gasteiger partial charge in [0.1, 0.15) is 12.6 Å². The smallest absolute Gasteiger partial charge is 0.313 e. The minimum atomic E-state index is -1.85. The molecule has 4 atom stereocenters. The minimum Gasteiger partial charge on any atom is -0.479 e. The number of carbonyl (C=O) groups is 5. The van der Waals surface area contributed by atoms with Crippen molar-refractivity contribution in [1.29, 1.82) is 0 Å². The number of ether oxygens (including phenoxy) is 1. The second-order valence-electron chi connectivity index (χ2n) is 10.9. The van der Waals surface area contributed by atoms with Crippen molar-refractivity contribution in [3.05, 3.63) is 59.7 Å². The molecule has 10 nitrogen and oxygen atoms in total. The van der Waals surface area contributed by atoms with Crippen LogP contribution in [0, 0.1) is 41.0 Å². The van der Waals surface area contributed by atoms with E-state index in [1.54, 1.807) is 30.3 Å². The first-order valence-electron chi connectivity index (χ1n) is 14.0. The molecule has 1 aliphatic heterocycles. The molecule has 14 heteroatoms. The second-order valence-corrected chi connectivity index (χ2v) is 10.9. The van der Waals surface area contributed by atoms with Gasteiger partial charge in [-0.3, -0.25) is 24.0 Å². The van der Waals surface area contributed by atoms with Gasteiger partial charge in [-0.1, -0.05) is 39.0 Å². The van der Waals surface area contributed by atoms with Crippen LogP contribution in [0.15, 0.2) is 36.4 Å². The van der Waals surface area contributed by atoms with Crippen molar-refractivity contribution in [1.82, 2.24) is 16.0 Å². The summed E-state index contributed by atoms with van der Waals surface area (Å²) in [5.74, 6) is -13.8. The quantitative estimate of drug-likeness (QED) is 0.154. The molecule has 0 spiro atoms. The van der Waals surface area contributed by atoms with Gasteiger partial charge in [0.2, 0.25) is 23.4 Å². The maximum absolute atomic E-state index is 14.1. The number of hydrogen-bond acceptors (Lipinski definition) is 6. The van der Waals surface area contributed by atoms with E-state index in [2.05, 4.69) is 21.3 Å². The zero-order valence-corrected chi connectivity index (χ0v) is 24.3. The standard InChI is InChI=1S/C30H34F4N4O6/c1-15(2)16(3)11-22(38-30(43)29(42)36-18-7-5-4-6-8-18)28(41)37-21(12-17-9-10-35-27(17)40)23(39)14-44-26-24(33)19(31)13-20(32)25(26)34/h4-8,13,15-17,21-22H,9-12,14H2,1-3H3,(H,35,40)(H,36,42)(H,37,41)(H,38,43)/t16?,17-,21-,22-/m0/s1. The first-order valence-corrected chi connectivity index (χ1v) is 14.0. The van der Waals surface area contributed by atoms with Crippen LogP contribution in [-0.4, -0.2) is 54.6 Å². The molecule has 0 bridgehead atoms. The molecule has 1 aliphatic rings. The van der Waals surface area contributed by atoms with Crippen molar-refractivity contribution < 1.29 is 46.3 Å². The average Bonchev–Trinajstić information content (AvgIpc) is 3.39. The molecule has 0 aromatic heterocycles. The lowest BCUT2D eigenvalue weighted by Gasteiger charge is -2.26. The van der Waals surface area contributed by atoms with E-state index in [0.29, 0.717) is 18.7 Å². The Kier molecular flexibility index (Phi) is 11.8. The van der Waals surface area contributed by atoms with Crippen molar-refractivity contribution in [2.24, 2.45) is 17.8 Å². The number of hydrogen-bond donors (Lipinski definition) is 4. The van der Waals surface area contributed by atoms with E-state index in [-0.39, 0.29) is 30.7 Å². The first kappa shape index (κ1) is 34.0. The van der Waals surface area contributed by atoms with Crippen molar-refractivity contribution >= 4 is 35.1 Å². The van der Waals surface area contributed by atoms with E-state index in [0.717, 1.165) is 0 Å². The van der Waals surface area contributed by atoms with Gasteiger partial charge in [0, 0.05) is 24.2 Å². The normalized spacial score (nSPS) is 16.5. The van der Waals surface area contributed by atoms with Gasteiger partial charge in [-0.2, -0.15) is 8.78 Å². The van der Waals surface area contributed by atoms with Crippen LogP contribution in [0.3, 0.4) is 0 Å². The van der Waals surface area contributed by atoms with Crippen molar-refractivity contribution in [2.75, 3.05) is 18.5 Å². The fourth-order valence-corrected chi connectivity index (χ4v) is 4.43. The number of carbonyl (C=O) groups excluding carboxylic acids is 5. The third kappa shape index (κ3) is 9.01. The van der Waals surface area contributed by atoms with Gasteiger partial charge in [-0.15, -0.1) is 0 Å². The molecular formula is C30H34F4N4O6. The summed E-state index contributed by atoms with van der Waals surface area (Å²) in [6.45, 7) is 4.80. The van der Waals surface area contributed by atoms with E-state index in [1.165, 1.54) is 0 Å². The van der Waals surface area contributed by atoms with Crippen LogP contribution in [-0.2, 0) is 24.0 Å². The maximum atomic E-state index is 14.1. The molecule has 0 radical (unpaired) electrons. The Morgan fingerprint density at radius 2 is 1.57 bits per heavy atom. The number of ketones is 1. The molecule has 1 fully saturated rings. The van der Waals surface area contributed by atoms with E-state index in [9.17, 15) is 41.5 Å². The SMILES string of the molecule is CC(C)C(C)C[C@H](NC(=O)C(=O)Nc1ccccc1)C(=O)N[C@@H](C[C@@H]1CCNC1=O)C(=O)COc1c(F)c(F)cc(F)c1F. The number of nitrogens with one attached hydrogen (secondary N) is 4. The average molecular weight is 623 g/mol. The molecule has 2 aromatic carbocycles. The van der Waals surface area contributed by atoms with Crippen LogP contribution in [0.25, 0.3) is 0 Å². The molecule has 4 N–H and O–H groups in total. The summed E-state index contributed by atoms with van der Waals surface area (Å²) in [4.78, 5) is 64.2. The van der Waals surface area contributed by atoms with Gasteiger partial charge in [-0.25, -0.2) is 8.78 Å². The Bertz CT molecular complexity index is 1370. The molecule has 2 aromatic rings. The number of para-hydroxylation sites is 1. The summed E-state index contributed by atoms with van der Waals surface area (Å²) in [6, 6.07) is 5.33. The third-order valence-corrected chi connectivity index (χ3v) is 7.42. The highest BCUT2D eigenvalue weighted by Gasteiger charge is 2.35. The minimum absolute atomic E-state index is 0.0201. The van der Waals surface area contributed by atoms with Gasteiger partial charge >= 0.3 is 11.8 Å². The van der Waals surface area contributed by atoms with Crippen LogP contribution in [0.2, 0.25) is 0 Å². The van der Waals surface area contributed by atoms with E-state index in [4.69, 9.17) is 4.74 Å². The molecular weight excluding hydrogens is 588 g/mol. The van der Waals surface area contributed by atoms with Gasteiger partial charge < -0.3 is 26.0 Å². The van der Waals surface area contributed by atoms with Crippen LogP contribution in [0.4, 0.5) is 23.2 Å². The molecule has 1 saturated heterocycles. The number of benzene rings is 2. The predicted molar refractivity (Wildman–Crippen MR) is 150 cm³/mol. The molecule has 1 unspecified atom stereocenters. The highest BCUT2D eigenvalue weighted by molar-refractivity contribution is 6.40. The fraction of sp³-hybridized carbons (Fsp3) is 0.433. The van der Waals surface area contributed by atoms with Crippen molar-refractivity contribution in [3.63, 3.8) is 0 Å². The Morgan fingerprint density at radius 1 is 0.932 bits per heavy atom. The van der Waals surface area contributed by atoms with Crippen LogP contribution >= 0.6 is 0 Å². The van der Waals surface area contributed by atoms with Crippen LogP contribution < -0.4 is 26.0 Å². The highest BCUT2D eigenvalue weighted by atomic mass is 19.2. The third-order valence-electron chi connectivity index (χ3n) is 7.42. The maximum Gasteiger partial charge on any atom is 0.313 e. The Labute approximate surface area is 251 Å². The van der Waals surface area contributed by atoms with Crippen molar-refractivity contribution in [2.45, 2.75) is 52.1 Å². The van der Waals surface area contributed by atoms with Gasteiger partial charge in [-0.05, 0) is 43.2 Å². The van der Waals surface area contributed by atoms with E-state index < -0.39 is 83.0 Å². The van der Waals surface area contributed by atoms with E-state index >= 15 is 0 Å². The largest absolute Gasteiger partial charge is 0.479 e. The number of anilines is 1. The summed E-state index contributed by atoms with van der Waals surface area (Å²) < 4.78 is 60.2. The summed E-state index contributed by atoms with van der Waals surface area (Å²) in [7, 11) is 0. The summed E-state index contributed by atoms with van der Waals surface area (Å²) in [6.07, 6.45) is 0.146. The molecule has 0 saturated carbocycles. The van der Waals surface area contributed by atoms with Crippen LogP contribution in [0.5, 0.6) is 5.75 Å². The highest BCUT2D eigenvalue weighted by Crippen LogP contribution is 2.27. The Morgan fingerprint density at radius 3 is 2.14 bits per heavy atom. The fourth-order valence-electron chi connectivity index (χ4n) is 4.43.